The predicted octanol–water partition coefficient (Wildman–Crippen LogP) is 5.55. The molecule has 2 N–H and O–H groups in total. The van der Waals surface area contributed by atoms with E-state index in [0.29, 0.717) is 42.0 Å². The molecule has 1 amide bonds. The van der Waals surface area contributed by atoms with Gasteiger partial charge < -0.3 is 20.1 Å². The van der Waals surface area contributed by atoms with E-state index in [1.165, 1.54) is 5.56 Å². The van der Waals surface area contributed by atoms with Crippen LogP contribution in [0.15, 0.2) is 66.7 Å². The van der Waals surface area contributed by atoms with Crippen LogP contribution in [0.4, 0.5) is 5.69 Å². The first-order valence-corrected chi connectivity index (χ1v) is 12.2. The Hall–Kier alpha value is -2.73. The highest BCUT2D eigenvalue weighted by atomic mass is 35.5. The first kappa shape index (κ1) is 24.4. The van der Waals surface area contributed by atoms with Gasteiger partial charge in [0.1, 0.15) is 19.0 Å². The number of nitrogens with two attached hydrogens (primary N) is 1. The summed E-state index contributed by atoms with van der Waals surface area (Å²) >= 11 is 12.2. The van der Waals surface area contributed by atoms with Crippen molar-refractivity contribution in [1.29, 1.82) is 0 Å². The first-order valence-electron chi connectivity index (χ1n) is 11.4. The Labute approximate surface area is 210 Å². The number of benzene rings is 3. The molecule has 0 spiro atoms. The van der Waals surface area contributed by atoms with Crippen LogP contribution in [-0.4, -0.2) is 32.2 Å². The molecule has 0 saturated carbocycles. The number of nitrogens with zero attached hydrogens (tertiary/aromatic N) is 1. The van der Waals surface area contributed by atoms with Crippen molar-refractivity contribution in [1.82, 2.24) is 0 Å². The minimum atomic E-state index is -0.272. The second kappa shape index (κ2) is 11.6. The third-order valence-electron chi connectivity index (χ3n) is 5.93. The van der Waals surface area contributed by atoms with Crippen molar-refractivity contribution in [3.8, 4) is 11.5 Å². The van der Waals surface area contributed by atoms with Gasteiger partial charge in [0.05, 0.1) is 16.0 Å². The van der Waals surface area contributed by atoms with Gasteiger partial charge in [-0.25, -0.2) is 0 Å². The summed E-state index contributed by atoms with van der Waals surface area (Å²) < 4.78 is 11.4. The van der Waals surface area contributed by atoms with E-state index in [1.54, 1.807) is 18.2 Å². The maximum Gasteiger partial charge on any atom is 0.231 e. The van der Waals surface area contributed by atoms with Gasteiger partial charge in [0.15, 0.2) is 5.75 Å². The lowest BCUT2D eigenvalue weighted by atomic mass is 9.95. The maximum atomic E-state index is 13.3. The summed E-state index contributed by atoms with van der Waals surface area (Å²) in [6, 6.07) is 21.1. The summed E-state index contributed by atoms with van der Waals surface area (Å²) in [4.78, 5) is 15.2. The third kappa shape index (κ3) is 5.84. The van der Waals surface area contributed by atoms with Gasteiger partial charge in [0.25, 0.3) is 0 Å². The standard InChI is InChI=1S/C27H28Cl2N2O3/c28-23-7-3-8-24(29)26(23)34-16-15-33-22-12-10-19(11-13-22)17-21(18-30)27(32)31-14-4-6-20-5-1-2-9-25(20)31/h1-3,5,7-13,21H,4,6,14-18,30H2. The highest BCUT2D eigenvalue weighted by Gasteiger charge is 2.28. The molecule has 0 fully saturated rings. The zero-order chi connectivity index (χ0) is 23.9. The van der Waals surface area contributed by atoms with E-state index in [2.05, 4.69) is 6.07 Å². The molecule has 1 atom stereocenters. The monoisotopic (exact) mass is 498 g/mol. The van der Waals surface area contributed by atoms with Gasteiger partial charge in [-0.2, -0.15) is 0 Å². The fourth-order valence-electron chi connectivity index (χ4n) is 4.18. The largest absolute Gasteiger partial charge is 0.490 e. The van der Waals surface area contributed by atoms with Crippen LogP contribution in [0.25, 0.3) is 0 Å². The molecule has 3 aromatic rings. The molecule has 178 valence electrons. The van der Waals surface area contributed by atoms with Gasteiger partial charge >= 0.3 is 0 Å². The Bertz CT molecular complexity index is 1100. The molecule has 3 aromatic carbocycles. The number of amides is 1. The van der Waals surface area contributed by atoms with Gasteiger partial charge in [0, 0.05) is 18.8 Å². The SMILES string of the molecule is NCC(Cc1ccc(OCCOc2c(Cl)cccc2Cl)cc1)C(=O)N1CCCc2ccccc21. The summed E-state index contributed by atoms with van der Waals surface area (Å²) in [5.74, 6) is 0.994. The molecule has 0 radical (unpaired) electrons. The fraction of sp³-hybridized carbons (Fsp3) is 0.296. The second-order valence-electron chi connectivity index (χ2n) is 8.25. The molecule has 7 heteroatoms. The Morgan fingerprint density at radius 3 is 2.38 bits per heavy atom. The van der Waals surface area contributed by atoms with Crippen LogP contribution in [0.1, 0.15) is 17.5 Å². The average molecular weight is 499 g/mol. The molecule has 1 aliphatic heterocycles. The topological polar surface area (TPSA) is 64.8 Å². The molecule has 5 nitrogen and oxygen atoms in total. The molecule has 4 rings (SSSR count). The number of fused-ring (bicyclic) bond motifs is 1. The van der Waals surface area contributed by atoms with E-state index < -0.39 is 0 Å². The minimum Gasteiger partial charge on any atom is -0.490 e. The number of aryl methyl sites for hydroxylation is 1. The number of anilines is 1. The van der Waals surface area contributed by atoms with Crippen molar-refractivity contribution in [2.24, 2.45) is 11.7 Å². The van der Waals surface area contributed by atoms with E-state index in [9.17, 15) is 4.79 Å². The summed E-state index contributed by atoms with van der Waals surface area (Å²) in [5.41, 5.74) is 9.30. The van der Waals surface area contributed by atoms with E-state index in [4.69, 9.17) is 38.4 Å². The number of carbonyl (C=O) groups is 1. The van der Waals surface area contributed by atoms with Crippen LogP contribution >= 0.6 is 23.2 Å². The van der Waals surface area contributed by atoms with Gasteiger partial charge in [-0.1, -0.05) is 59.6 Å². The zero-order valence-corrected chi connectivity index (χ0v) is 20.4. The predicted molar refractivity (Wildman–Crippen MR) is 137 cm³/mol. The molecule has 1 heterocycles. The van der Waals surface area contributed by atoms with Gasteiger partial charge in [-0.05, 0) is 60.7 Å². The van der Waals surface area contributed by atoms with Crippen LogP contribution in [0.5, 0.6) is 11.5 Å². The van der Waals surface area contributed by atoms with Gasteiger partial charge in [-0.3, -0.25) is 4.79 Å². The molecule has 1 aliphatic rings. The quantitative estimate of drug-likeness (QED) is 0.393. The molecule has 0 saturated heterocycles. The lowest BCUT2D eigenvalue weighted by Crippen LogP contribution is -2.42. The molecule has 1 unspecified atom stereocenters. The summed E-state index contributed by atoms with van der Waals surface area (Å²) in [6.07, 6.45) is 2.56. The lowest BCUT2D eigenvalue weighted by Gasteiger charge is -2.32. The number of ether oxygens (including phenoxy) is 2. The molecule has 0 aromatic heterocycles. The number of halogens is 2. The average Bonchev–Trinajstić information content (AvgIpc) is 2.86. The molecule has 34 heavy (non-hydrogen) atoms. The van der Waals surface area contributed by atoms with Crippen molar-refractivity contribution in [3.63, 3.8) is 0 Å². The number of para-hydroxylation sites is 2. The first-order chi connectivity index (χ1) is 16.6. The second-order valence-corrected chi connectivity index (χ2v) is 9.06. The van der Waals surface area contributed by atoms with Crippen molar-refractivity contribution in [2.75, 3.05) is 31.2 Å². The van der Waals surface area contributed by atoms with Crippen molar-refractivity contribution >= 4 is 34.8 Å². The van der Waals surface area contributed by atoms with Crippen LogP contribution in [0.2, 0.25) is 10.0 Å². The smallest absolute Gasteiger partial charge is 0.231 e. The minimum absolute atomic E-state index is 0.0883. The molecular formula is C27H28Cl2N2O3. The van der Waals surface area contributed by atoms with Gasteiger partial charge in [0.2, 0.25) is 5.91 Å². The summed E-state index contributed by atoms with van der Waals surface area (Å²) in [5, 5.41) is 0.933. The van der Waals surface area contributed by atoms with Crippen LogP contribution in [0.3, 0.4) is 0 Å². The Morgan fingerprint density at radius 1 is 0.941 bits per heavy atom. The van der Waals surface area contributed by atoms with Crippen molar-refractivity contribution in [3.05, 3.63) is 87.9 Å². The maximum absolute atomic E-state index is 13.3. The Kier molecular flexibility index (Phi) is 8.33. The third-order valence-corrected chi connectivity index (χ3v) is 6.53. The number of hydrogen-bond donors (Lipinski definition) is 1. The molecule has 0 aliphatic carbocycles. The van der Waals surface area contributed by atoms with Gasteiger partial charge in [-0.15, -0.1) is 0 Å². The molecular weight excluding hydrogens is 471 g/mol. The van der Waals surface area contributed by atoms with Crippen LogP contribution in [-0.2, 0) is 17.6 Å². The fourth-order valence-corrected chi connectivity index (χ4v) is 4.69. The van der Waals surface area contributed by atoms with Crippen LogP contribution < -0.4 is 20.1 Å². The van der Waals surface area contributed by atoms with E-state index >= 15 is 0 Å². The highest BCUT2D eigenvalue weighted by Crippen LogP contribution is 2.32. The van der Waals surface area contributed by atoms with Crippen molar-refractivity contribution in [2.45, 2.75) is 19.3 Å². The van der Waals surface area contributed by atoms with E-state index in [0.717, 1.165) is 36.4 Å². The van der Waals surface area contributed by atoms with E-state index in [1.807, 2.05) is 47.4 Å². The number of hydrogen-bond acceptors (Lipinski definition) is 4. The summed E-state index contributed by atoms with van der Waals surface area (Å²) in [7, 11) is 0. The van der Waals surface area contributed by atoms with Crippen molar-refractivity contribution < 1.29 is 14.3 Å². The summed E-state index contributed by atoms with van der Waals surface area (Å²) in [6.45, 7) is 1.70. The molecule has 0 bridgehead atoms. The normalized spacial score (nSPS) is 13.8. The number of carbonyl (C=O) groups excluding carboxylic acids is 1. The van der Waals surface area contributed by atoms with E-state index in [-0.39, 0.29) is 11.8 Å². The van der Waals surface area contributed by atoms with Crippen LogP contribution in [0, 0.1) is 5.92 Å². The Balaban J connectivity index is 1.30. The lowest BCUT2D eigenvalue weighted by molar-refractivity contribution is -0.122. The zero-order valence-electron chi connectivity index (χ0n) is 18.9. The Morgan fingerprint density at radius 2 is 1.65 bits per heavy atom. The highest BCUT2D eigenvalue weighted by molar-refractivity contribution is 6.37. The number of rotatable bonds is 9.